The highest BCUT2D eigenvalue weighted by atomic mass is 19.4. The summed E-state index contributed by atoms with van der Waals surface area (Å²) in [5.74, 6) is 2.69. The third kappa shape index (κ3) is 2.61. The molecule has 0 saturated heterocycles. The zero-order valence-electron chi connectivity index (χ0n) is 10.1. The Hall–Kier alpha value is -1.63. The number of terminal acetylenes is 1. The number of nitrogens with zero attached hydrogens (tertiary/aromatic N) is 1. The van der Waals surface area contributed by atoms with Gasteiger partial charge in [-0.1, -0.05) is 18.1 Å². The van der Waals surface area contributed by atoms with E-state index in [4.69, 9.17) is 6.42 Å². The second kappa shape index (κ2) is 4.56. The lowest BCUT2D eigenvalue weighted by Gasteiger charge is -2.33. The van der Waals surface area contributed by atoms with Gasteiger partial charge in [-0.3, -0.25) is 0 Å². The molecule has 0 saturated carbocycles. The highest BCUT2D eigenvalue weighted by molar-refractivity contribution is 5.58. The minimum atomic E-state index is -4.16. The molecule has 1 aromatic rings. The molecule has 4 heteroatoms. The maximum atomic E-state index is 12.3. The Balaban J connectivity index is 2.27. The summed E-state index contributed by atoms with van der Waals surface area (Å²) >= 11 is 0. The smallest absolute Gasteiger partial charge is 0.361 e. The molecule has 0 aromatic heterocycles. The van der Waals surface area contributed by atoms with Gasteiger partial charge in [0.2, 0.25) is 0 Å². The van der Waals surface area contributed by atoms with Crippen LogP contribution in [0.1, 0.15) is 17.5 Å². The van der Waals surface area contributed by atoms with Crippen LogP contribution in [0.5, 0.6) is 0 Å². The van der Waals surface area contributed by atoms with Gasteiger partial charge in [-0.25, -0.2) is 0 Å². The highest BCUT2D eigenvalue weighted by Gasteiger charge is 2.29. The van der Waals surface area contributed by atoms with Gasteiger partial charge in [0, 0.05) is 12.7 Å². The van der Waals surface area contributed by atoms with Crippen molar-refractivity contribution in [2.45, 2.75) is 31.5 Å². The maximum Gasteiger partial charge on any atom is 0.393 e. The molecule has 96 valence electrons. The van der Waals surface area contributed by atoms with Crippen LogP contribution in [0.15, 0.2) is 18.2 Å². The second-order valence-corrected chi connectivity index (χ2v) is 4.59. The van der Waals surface area contributed by atoms with Crippen LogP contribution in [0, 0.1) is 12.3 Å². The Labute approximate surface area is 105 Å². The van der Waals surface area contributed by atoms with Crippen LogP contribution in [0.2, 0.25) is 0 Å². The van der Waals surface area contributed by atoms with Crippen molar-refractivity contribution in [3.63, 3.8) is 0 Å². The molecule has 0 fully saturated rings. The molecule has 0 radical (unpaired) electrons. The van der Waals surface area contributed by atoms with Crippen molar-refractivity contribution in [3.05, 3.63) is 29.3 Å². The van der Waals surface area contributed by atoms with E-state index >= 15 is 0 Å². The van der Waals surface area contributed by atoms with Crippen LogP contribution in [-0.2, 0) is 12.8 Å². The number of aryl methyl sites for hydroxylation is 1. The first-order valence-corrected chi connectivity index (χ1v) is 5.78. The van der Waals surface area contributed by atoms with E-state index in [9.17, 15) is 13.2 Å². The third-order valence-corrected chi connectivity index (χ3v) is 3.28. The van der Waals surface area contributed by atoms with Crippen LogP contribution >= 0.6 is 0 Å². The van der Waals surface area contributed by atoms with E-state index in [2.05, 4.69) is 5.92 Å². The van der Waals surface area contributed by atoms with Gasteiger partial charge in [0.15, 0.2) is 0 Å². The first-order valence-electron chi connectivity index (χ1n) is 5.78. The van der Waals surface area contributed by atoms with Gasteiger partial charge < -0.3 is 4.90 Å². The number of halogens is 3. The first-order chi connectivity index (χ1) is 8.40. The van der Waals surface area contributed by atoms with Gasteiger partial charge in [-0.05, 0) is 30.0 Å². The molecule has 0 aliphatic carbocycles. The van der Waals surface area contributed by atoms with Crippen molar-refractivity contribution < 1.29 is 13.2 Å². The Morgan fingerprint density at radius 3 is 2.78 bits per heavy atom. The average Bonchev–Trinajstić information content (AvgIpc) is 2.27. The summed E-state index contributed by atoms with van der Waals surface area (Å²) in [6.45, 7) is 0. The lowest BCUT2D eigenvalue weighted by atomic mass is 9.94. The standard InChI is InChI=1S/C14H14F3N/c1-3-12-6-5-11-8-10(9-14(15,16)17)4-7-13(11)18(12)2/h1,4,7-8,12H,5-6,9H2,2H3/t12-/m0/s1. The SMILES string of the molecule is C#C[C@H]1CCc2cc(CC(F)(F)F)ccc2N1C. The van der Waals surface area contributed by atoms with Gasteiger partial charge in [-0.15, -0.1) is 6.42 Å². The van der Waals surface area contributed by atoms with Crippen molar-refractivity contribution in [1.82, 2.24) is 0 Å². The fraction of sp³-hybridized carbons (Fsp3) is 0.429. The predicted octanol–water partition coefficient (Wildman–Crippen LogP) is 3.18. The molecule has 1 nitrogen and oxygen atoms in total. The van der Waals surface area contributed by atoms with Crippen LogP contribution in [0.3, 0.4) is 0 Å². The zero-order valence-corrected chi connectivity index (χ0v) is 10.1. The van der Waals surface area contributed by atoms with E-state index in [-0.39, 0.29) is 6.04 Å². The number of hydrogen-bond acceptors (Lipinski definition) is 1. The molecule has 18 heavy (non-hydrogen) atoms. The largest absolute Gasteiger partial charge is 0.393 e. The molecule has 0 spiro atoms. The van der Waals surface area contributed by atoms with Gasteiger partial charge >= 0.3 is 6.18 Å². The van der Waals surface area contributed by atoms with E-state index in [0.717, 1.165) is 24.1 Å². The summed E-state index contributed by atoms with van der Waals surface area (Å²) in [6.07, 6.45) is 1.92. The van der Waals surface area contributed by atoms with E-state index in [0.29, 0.717) is 5.56 Å². The summed E-state index contributed by atoms with van der Waals surface area (Å²) in [7, 11) is 1.88. The molecule has 0 unspecified atom stereocenters. The normalized spacial score (nSPS) is 19.3. The average molecular weight is 253 g/mol. The molecular weight excluding hydrogens is 239 g/mol. The van der Waals surface area contributed by atoms with Crippen molar-refractivity contribution in [3.8, 4) is 12.3 Å². The predicted molar refractivity (Wildman–Crippen MR) is 65.5 cm³/mol. The molecule has 1 atom stereocenters. The van der Waals surface area contributed by atoms with E-state index in [1.54, 1.807) is 12.1 Å². The van der Waals surface area contributed by atoms with Gasteiger partial charge in [0.05, 0.1) is 12.5 Å². The van der Waals surface area contributed by atoms with E-state index in [1.165, 1.54) is 6.07 Å². The highest BCUT2D eigenvalue weighted by Crippen LogP contribution is 2.31. The second-order valence-electron chi connectivity index (χ2n) is 4.59. The summed E-state index contributed by atoms with van der Waals surface area (Å²) in [6, 6.07) is 4.94. The van der Waals surface area contributed by atoms with Crippen LogP contribution in [0.4, 0.5) is 18.9 Å². The topological polar surface area (TPSA) is 3.24 Å². The first kappa shape index (κ1) is 12.8. The monoisotopic (exact) mass is 253 g/mol. The van der Waals surface area contributed by atoms with Gasteiger partial charge in [-0.2, -0.15) is 13.2 Å². The molecule has 0 amide bonds. The minimum Gasteiger partial charge on any atom is -0.361 e. The molecule has 1 aromatic carbocycles. The number of anilines is 1. The van der Waals surface area contributed by atoms with Crippen LogP contribution in [0.25, 0.3) is 0 Å². The van der Waals surface area contributed by atoms with Crippen molar-refractivity contribution in [1.29, 1.82) is 0 Å². The fourth-order valence-corrected chi connectivity index (χ4v) is 2.37. The fourth-order valence-electron chi connectivity index (χ4n) is 2.37. The van der Waals surface area contributed by atoms with Gasteiger partial charge in [0.25, 0.3) is 0 Å². The number of fused-ring (bicyclic) bond motifs is 1. The Bertz CT molecular complexity index is 485. The molecule has 0 bridgehead atoms. The van der Waals surface area contributed by atoms with Crippen molar-refractivity contribution in [2.24, 2.45) is 0 Å². The quantitative estimate of drug-likeness (QED) is 0.695. The van der Waals surface area contributed by atoms with Crippen molar-refractivity contribution >= 4 is 5.69 Å². The lowest BCUT2D eigenvalue weighted by Crippen LogP contribution is -2.34. The molecular formula is C14H14F3N. The third-order valence-electron chi connectivity index (χ3n) is 3.28. The number of rotatable bonds is 1. The maximum absolute atomic E-state index is 12.3. The minimum absolute atomic E-state index is 0.0333. The summed E-state index contributed by atoms with van der Waals surface area (Å²) in [5, 5.41) is 0. The molecule has 1 heterocycles. The number of hydrogen-bond donors (Lipinski definition) is 0. The Kier molecular flexibility index (Phi) is 3.25. The zero-order chi connectivity index (χ0) is 13.3. The molecule has 1 aliphatic heterocycles. The summed E-state index contributed by atoms with van der Waals surface area (Å²) in [4.78, 5) is 1.95. The molecule has 2 rings (SSSR count). The van der Waals surface area contributed by atoms with E-state index in [1.807, 2.05) is 11.9 Å². The molecule has 1 aliphatic rings. The summed E-state index contributed by atoms with van der Waals surface area (Å²) < 4.78 is 37.0. The molecule has 0 N–H and O–H groups in total. The van der Waals surface area contributed by atoms with E-state index < -0.39 is 12.6 Å². The Morgan fingerprint density at radius 2 is 2.17 bits per heavy atom. The van der Waals surface area contributed by atoms with Crippen molar-refractivity contribution in [2.75, 3.05) is 11.9 Å². The number of alkyl halides is 3. The van der Waals surface area contributed by atoms with Crippen LogP contribution < -0.4 is 4.90 Å². The number of benzene rings is 1. The Morgan fingerprint density at radius 1 is 1.44 bits per heavy atom. The summed E-state index contributed by atoms with van der Waals surface area (Å²) in [5.41, 5.74) is 2.20. The lowest BCUT2D eigenvalue weighted by molar-refractivity contribution is -0.127. The van der Waals surface area contributed by atoms with Crippen LogP contribution in [-0.4, -0.2) is 19.3 Å². The van der Waals surface area contributed by atoms with Gasteiger partial charge in [0.1, 0.15) is 0 Å².